The summed E-state index contributed by atoms with van der Waals surface area (Å²) in [5.41, 5.74) is 0. The number of aliphatic hydroxyl groups is 1. The molecule has 5 heteroatoms. The Balaban J connectivity index is 0. The number of aliphatic hydroxyl groups excluding tert-OH is 1. The number of rotatable bonds is 10. The van der Waals surface area contributed by atoms with Crippen LogP contribution in [0.2, 0.25) is 8.26 Å². The van der Waals surface area contributed by atoms with E-state index in [0.29, 0.717) is 21.5 Å². The molecule has 0 unspecified atom stereocenters. The summed E-state index contributed by atoms with van der Waals surface area (Å²) in [4.78, 5) is 0. The van der Waals surface area contributed by atoms with Crippen molar-refractivity contribution in [3.8, 4) is 0 Å². The molecule has 0 aliphatic heterocycles. The minimum absolute atomic E-state index is 0.167. The predicted molar refractivity (Wildman–Crippen MR) is 80.7 cm³/mol. The average molecular weight is 372 g/mol. The first kappa shape index (κ1) is 22.8. The molecule has 0 aromatic heterocycles. The number of hydrogen-bond donors (Lipinski definition) is 1. The van der Waals surface area contributed by atoms with E-state index >= 15 is 0 Å². The molecule has 0 bridgehead atoms. The first-order chi connectivity index (χ1) is 9.27. The van der Waals surface area contributed by atoms with E-state index in [1.165, 1.54) is 0 Å². The van der Waals surface area contributed by atoms with Crippen LogP contribution in [0.3, 0.4) is 0 Å². The molecule has 0 aromatic carbocycles. The van der Waals surface area contributed by atoms with Crippen LogP contribution in [-0.2, 0) is 28.1 Å². The molecular weight excluding hydrogens is 335 g/mol. The Kier molecular flexibility index (Phi) is 13.9. The Morgan fingerprint density at radius 1 is 0.850 bits per heavy atom. The van der Waals surface area contributed by atoms with Crippen LogP contribution in [0.25, 0.3) is 0 Å². The third-order valence-electron chi connectivity index (χ3n) is 2.72. The van der Waals surface area contributed by atoms with Crippen molar-refractivity contribution in [2.75, 3.05) is 13.2 Å². The minimum atomic E-state index is -4.52. The molecule has 20 heavy (non-hydrogen) atoms. The number of hydrogen-bond acceptors (Lipinski definition) is 4. The van der Waals surface area contributed by atoms with Crippen molar-refractivity contribution in [3.63, 3.8) is 0 Å². The van der Waals surface area contributed by atoms with Gasteiger partial charge in [0.1, 0.15) is 0 Å². The monoisotopic (exact) mass is 370 g/mol. The molecule has 0 atom stereocenters. The molecule has 1 N–H and O–H groups in total. The Labute approximate surface area is 128 Å². The first-order valence-electron chi connectivity index (χ1n) is 8.14. The second-order valence-corrected chi connectivity index (χ2v) is 16.2. The Morgan fingerprint density at radius 3 is 1.35 bits per heavy atom. The third kappa shape index (κ3) is 11.2. The molecular formula is C15H36O4Zr. The fourth-order valence-corrected chi connectivity index (χ4v) is 12.3. The van der Waals surface area contributed by atoms with Gasteiger partial charge in [0.25, 0.3) is 0 Å². The zero-order valence-electron chi connectivity index (χ0n) is 14.4. The van der Waals surface area contributed by atoms with Crippen LogP contribution in [0.4, 0.5) is 0 Å². The Hall–Kier alpha value is 0.563. The van der Waals surface area contributed by atoms with Gasteiger partial charge in [0, 0.05) is 6.10 Å². The van der Waals surface area contributed by atoms with E-state index in [1.807, 2.05) is 27.7 Å². The van der Waals surface area contributed by atoms with Gasteiger partial charge in [-0.1, -0.05) is 0 Å². The molecule has 0 saturated heterocycles. The van der Waals surface area contributed by atoms with Crippen molar-refractivity contribution in [3.05, 3.63) is 0 Å². The van der Waals surface area contributed by atoms with E-state index in [1.54, 1.807) is 13.8 Å². The summed E-state index contributed by atoms with van der Waals surface area (Å²) < 4.78 is 26.0. The Bertz CT molecular complexity index is 250. The van der Waals surface area contributed by atoms with Gasteiger partial charge >= 0.3 is 103 Å². The van der Waals surface area contributed by atoms with Crippen LogP contribution in [0.15, 0.2) is 0 Å². The van der Waals surface area contributed by atoms with Crippen LogP contribution in [0.1, 0.15) is 67.2 Å². The summed E-state index contributed by atoms with van der Waals surface area (Å²) in [5, 5.41) is 8.06. The molecule has 0 heterocycles. The van der Waals surface area contributed by atoms with Crippen molar-refractivity contribution >= 4 is 0 Å². The normalized spacial score (nSPS) is 12.2. The maximum atomic E-state index is 13.2. The molecule has 0 amide bonds. The van der Waals surface area contributed by atoms with Gasteiger partial charge in [0.15, 0.2) is 0 Å². The Morgan fingerprint density at radius 2 is 1.15 bits per heavy atom. The quantitative estimate of drug-likeness (QED) is 0.602. The maximum absolute atomic E-state index is 13.2. The zero-order valence-corrected chi connectivity index (χ0v) is 16.9. The SMILES string of the molecule is CC(C)O.CCC[O][Zr](=[O])([CH2]CC)([CH2]CC)[O]CCC. The molecule has 0 fully saturated rings. The standard InChI is InChI=1S/C3H8O.2C3H7O.2C3H7.O.Zr/c1-3(2)4;2*1-2-3-4;2*1-3-2;;/h3-4H,1-2H3;2*2-3H2,1H3;2*1,3H2,2H3;;/q;2*-1;;;;+2. The summed E-state index contributed by atoms with van der Waals surface area (Å²) >= 11 is -4.52. The van der Waals surface area contributed by atoms with Crippen LogP contribution < -0.4 is 0 Å². The van der Waals surface area contributed by atoms with E-state index in [0.717, 1.165) is 25.7 Å². The second-order valence-electron chi connectivity index (χ2n) is 5.66. The second kappa shape index (κ2) is 12.1. The van der Waals surface area contributed by atoms with Gasteiger partial charge in [-0.15, -0.1) is 0 Å². The predicted octanol–water partition coefficient (Wildman–Crippen LogP) is 4.75. The van der Waals surface area contributed by atoms with Gasteiger partial charge in [-0.05, 0) is 13.8 Å². The van der Waals surface area contributed by atoms with Crippen LogP contribution in [0, 0.1) is 0 Å². The van der Waals surface area contributed by atoms with Crippen molar-refractivity contribution in [1.82, 2.24) is 0 Å². The van der Waals surface area contributed by atoms with Crippen LogP contribution in [0.5, 0.6) is 0 Å². The van der Waals surface area contributed by atoms with E-state index in [4.69, 9.17) is 10.7 Å². The molecule has 0 aliphatic rings. The van der Waals surface area contributed by atoms with Gasteiger partial charge in [0.2, 0.25) is 0 Å². The van der Waals surface area contributed by atoms with Gasteiger partial charge in [-0.2, -0.15) is 0 Å². The molecule has 0 rings (SSSR count). The summed E-state index contributed by atoms with van der Waals surface area (Å²) in [5.74, 6) is 0. The zero-order chi connectivity index (χ0) is 16.1. The topological polar surface area (TPSA) is 55.8 Å². The summed E-state index contributed by atoms with van der Waals surface area (Å²) in [6, 6.07) is 0. The van der Waals surface area contributed by atoms with Gasteiger partial charge < -0.3 is 5.11 Å². The van der Waals surface area contributed by atoms with Crippen molar-refractivity contribution < 1.29 is 33.2 Å². The van der Waals surface area contributed by atoms with E-state index in [-0.39, 0.29) is 6.10 Å². The van der Waals surface area contributed by atoms with E-state index in [2.05, 4.69) is 0 Å². The summed E-state index contributed by atoms with van der Waals surface area (Å²) in [6.07, 6.45) is 3.38. The summed E-state index contributed by atoms with van der Waals surface area (Å²) in [7, 11) is 0. The molecule has 0 spiro atoms. The third-order valence-corrected chi connectivity index (χ3v) is 14.1. The first-order valence-corrected chi connectivity index (χ1v) is 14.6. The van der Waals surface area contributed by atoms with Gasteiger partial charge in [-0.3, -0.25) is 0 Å². The summed E-state index contributed by atoms with van der Waals surface area (Å²) in [6.45, 7) is 12.8. The molecule has 0 aromatic rings. The van der Waals surface area contributed by atoms with Gasteiger partial charge in [0.05, 0.1) is 0 Å². The molecule has 124 valence electrons. The molecule has 0 saturated carbocycles. The van der Waals surface area contributed by atoms with Crippen LogP contribution in [-0.4, -0.2) is 24.4 Å². The van der Waals surface area contributed by atoms with Gasteiger partial charge in [-0.25, -0.2) is 0 Å². The average Bonchev–Trinajstić information content (AvgIpc) is 2.35. The van der Waals surface area contributed by atoms with Crippen molar-refractivity contribution in [2.45, 2.75) is 81.6 Å². The fraction of sp³-hybridized carbons (Fsp3) is 1.00. The molecule has 4 nitrogen and oxygen atoms in total. The van der Waals surface area contributed by atoms with Crippen molar-refractivity contribution in [1.29, 1.82) is 0 Å². The molecule has 0 radical (unpaired) electrons. The molecule has 0 aliphatic carbocycles. The van der Waals surface area contributed by atoms with Crippen molar-refractivity contribution in [2.24, 2.45) is 0 Å². The van der Waals surface area contributed by atoms with Crippen LogP contribution >= 0.6 is 0 Å². The fourth-order valence-electron chi connectivity index (χ4n) is 2.08. The van der Waals surface area contributed by atoms with E-state index < -0.39 is 19.7 Å². The van der Waals surface area contributed by atoms with E-state index in [9.17, 15) is 2.81 Å².